The molecule has 0 saturated heterocycles. The maximum absolute atomic E-state index is 6.25. The summed E-state index contributed by atoms with van der Waals surface area (Å²) in [6.07, 6.45) is 0. The molecule has 0 rings (SSSR count). The molecule has 0 aromatic rings. The largest absolute Gasteiger partial charge is 5.00 e. The van der Waals surface area contributed by atoms with E-state index in [-0.39, 0.29) is 188 Å². The summed E-state index contributed by atoms with van der Waals surface area (Å²) in [5.74, 6) is 0. The number of nitrogens with zero attached hydrogens (tertiary/aromatic N) is 6. The van der Waals surface area contributed by atoms with Gasteiger partial charge in [-0.25, -0.2) is 0 Å². The number of hydrogen-bond donors (Lipinski definition) is 0. The van der Waals surface area contributed by atoms with Crippen molar-refractivity contribution >= 4 is 103 Å². The van der Waals surface area contributed by atoms with Gasteiger partial charge in [-0.15, -0.1) is 0 Å². The van der Waals surface area contributed by atoms with Crippen LogP contribution in [0.3, 0.4) is 0 Å². The molecule has 3 radical (unpaired) electrons. The Hall–Kier alpha value is 2.25. The van der Waals surface area contributed by atoms with Gasteiger partial charge in [-0.2, -0.15) is 0 Å². The standard InChI is InChI=1S/6CN.Fe.3K.3H2O/c6*1-2;;;;;;;/h;;;;;;;;;;3*1H2/q6*-1;+5;;;+1;;;. The first-order valence-electron chi connectivity index (χ1n) is 1.34. The van der Waals surface area contributed by atoms with E-state index in [1.165, 1.54) is 0 Å². The molecule has 0 fully saturated rings. The van der Waals surface area contributed by atoms with Crippen LogP contribution in [0, 0.1) is 71.0 Å². The predicted molar refractivity (Wildman–Crippen MR) is 52.2 cm³/mol. The Kier molecular flexibility index (Phi) is 10000. The van der Waals surface area contributed by atoms with Crippen LogP contribution in [0.15, 0.2) is 0 Å². The van der Waals surface area contributed by atoms with Gasteiger partial charge in [-0.1, -0.05) is 0 Å². The molecule has 0 aromatic heterocycles. The molecule has 0 unspecified atom stereocenters. The fourth-order valence-electron chi connectivity index (χ4n) is 0. The fourth-order valence-corrected chi connectivity index (χ4v) is 0. The van der Waals surface area contributed by atoms with E-state index in [2.05, 4.69) is 0 Å². The quantitative estimate of drug-likeness (QED) is 0.291. The third-order valence-electron chi connectivity index (χ3n) is 0. The van der Waals surface area contributed by atoms with Crippen molar-refractivity contribution in [1.29, 1.82) is 31.6 Å². The van der Waals surface area contributed by atoms with E-state index in [1.807, 2.05) is 0 Å². The molecule has 0 amide bonds. The monoisotopic (exact) mass is 383 g/mol. The molecule has 0 aliphatic heterocycles. The number of rotatable bonds is 0. The topological polar surface area (TPSA) is 237 Å². The first-order valence-corrected chi connectivity index (χ1v) is 1.34. The van der Waals surface area contributed by atoms with Gasteiger partial charge in [0.05, 0.1) is 0 Å². The molecule has 0 atom stereocenters. The molecule has 13 heteroatoms. The average Bonchev–Trinajstić information content (AvgIpc) is 2.33. The van der Waals surface area contributed by atoms with Crippen molar-refractivity contribution in [3.63, 3.8) is 0 Å². The van der Waals surface area contributed by atoms with E-state index in [9.17, 15) is 0 Å². The van der Waals surface area contributed by atoms with Crippen molar-refractivity contribution in [1.82, 2.24) is 0 Å². The van der Waals surface area contributed by atoms with Gasteiger partial charge in [0, 0.05) is 103 Å². The second-order valence-corrected chi connectivity index (χ2v) is 0. The summed E-state index contributed by atoms with van der Waals surface area (Å²) in [6.45, 7) is 28.5. The van der Waals surface area contributed by atoms with Gasteiger partial charge in [-0.3, -0.25) is 0 Å². The first-order chi connectivity index (χ1) is 6.00. The zero-order valence-corrected chi connectivity index (χ0v) is 21.0. The molecular weight excluding hydrogens is 377 g/mol. The molecule has 0 aromatic carbocycles. The van der Waals surface area contributed by atoms with Crippen molar-refractivity contribution in [2.45, 2.75) is 0 Å². The Bertz CT molecular complexity index is 115. The van der Waals surface area contributed by atoms with Crippen molar-refractivity contribution in [3.05, 3.63) is 39.4 Å². The summed E-state index contributed by atoms with van der Waals surface area (Å²) < 4.78 is 0. The van der Waals surface area contributed by atoms with Crippen molar-refractivity contribution in [2.24, 2.45) is 0 Å². The van der Waals surface area contributed by atoms with Crippen LogP contribution in [0.5, 0.6) is 0 Å². The third kappa shape index (κ3) is 1330. The molecular formula is C6H6FeK3N6O3. The predicted octanol–water partition coefficient (Wildman–Crippen LogP) is -5.66. The zero-order chi connectivity index (χ0) is 12.0. The molecule has 19 heavy (non-hydrogen) atoms. The minimum atomic E-state index is 0. The van der Waals surface area contributed by atoms with E-state index in [0.29, 0.717) is 0 Å². The Morgan fingerprint density at radius 3 is 0.368 bits per heavy atom. The minimum Gasteiger partial charge on any atom is -0.512 e. The summed E-state index contributed by atoms with van der Waals surface area (Å²) in [4.78, 5) is 0. The van der Waals surface area contributed by atoms with Crippen LogP contribution in [0.25, 0.3) is 0 Å². The smallest absolute Gasteiger partial charge is 0.512 e. The third-order valence-corrected chi connectivity index (χ3v) is 0. The molecule has 0 aliphatic rings. The minimum absolute atomic E-state index is 0. The molecule has 89 valence electrons. The summed E-state index contributed by atoms with van der Waals surface area (Å²) in [7, 11) is 0. The van der Waals surface area contributed by atoms with E-state index in [1.54, 1.807) is 0 Å². The Balaban J connectivity index is -0.00000000193. The fraction of sp³-hybridized carbons (Fsp3) is 0. The van der Waals surface area contributed by atoms with E-state index in [0.717, 1.165) is 0 Å². The van der Waals surface area contributed by atoms with Gasteiger partial charge >= 0.3 is 68.5 Å². The molecule has 0 saturated carbocycles. The van der Waals surface area contributed by atoms with Crippen LogP contribution in [0.2, 0.25) is 0 Å². The molecule has 0 bridgehead atoms. The summed E-state index contributed by atoms with van der Waals surface area (Å²) in [5.41, 5.74) is 0. The van der Waals surface area contributed by atoms with Crippen LogP contribution in [0.4, 0.5) is 0 Å². The van der Waals surface area contributed by atoms with Crippen LogP contribution >= 0.6 is 0 Å². The Morgan fingerprint density at radius 2 is 0.368 bits per heavy atom. The molecule has 9 nitrogen and oxygen atoms in total. The summed E-state index contributed by atoms with van der Waals surface area (Å²) in [6, 6.07) is 0. The maximum atomic E-state index is 6.25. The van der Waals surface area contributed by atoms with Gasteiger partial charge in [-0.05, 0) is 0 Å². The molecule has 0 aliphatic carbocycles. The zero-order valence-electron chi connectivity index (χ0n) is 10.5. The molecule has 6 N–H and O–H groups in total. The van der Waals surface area contributed by atoms with Crippen LogP contribution in [0.1, 0.15) is 0 Å². The van der Waals surface area contributed by atoms with Crippen molar-refractivity contribution in [3.8, 4) is 0 Å². The second-order valence-electron chi connectivity index (χ2n) is 0. The summed E-state index contributed by atoms with van der Waals surface area (Å²) >= 11 is 0. The Labute approximate surface area is 252 Å². The molecule has 0 heterocycles. The first kappa shape index (κ1) is 128. The van der Waals surface area contributed by atoms with Gasteiger partial charge in [0.25, 0.3) is 0 Å². The van der Waals surface area contributed by atoms with E-state index in [4.69, 9.17) is 71.0 Å². The Morgan fingerprint density at radius 1 is 0.368 bits per heavy atom. The van der Waals surface area contributed by atoms with E-state index < -0.39 is 0 Å². The van der Waals surface area contributed by atoms with E-state index >= 15 is 0 Å². The van der Waals surface area contributed by atoms with Crippen LogP contribution in [-0.4, -0.2) is 119 Å². The van der Waals surface area contributed by atoms with Crippen molar-refractivity contribution < 1.29 is 84.9 Å². The molecule has 0 spiro atoms. The normalized spacial score (nSPS) is 0.632. The van der Waals surface area contributed by atoms with Crippen molar-refractivity contribution in [2.75, 3.05) is 0 Å². The summed E-state index contributed by atoms with van der Waals surface area (Å²) in [5, 5.41) is 37.5. The van der Waals surface area contributed by atoms with Gasteiger partial charge in [0.1, 0.15) is 0 Å². The van der Waals surface area contributed by atoms with Gasteiger partial charge in [0.15, 0.2) is 0 Å². The van der Waals surface area contributed by atoms with Gasteiger partial charge in [0.2, 0.25) is 0 Å². The maximum Gasteiger partial charge on any atom is 5.00 e. The number of hydrogen-bond acceptors (Lipinski definition) is 6. The second kappa shape index (κ2) is 1480. The van der Waals surface area contributed by atoms with Crippen LogP contribution in [-0.2, 0) is 17.1 Å². The SMILES string of the molecule is O.O.O.[C-]#N.[C-]#N.[C-]#N.[C-]#N.[C-]#N.[C-]#N.[Fe+5].[K+].[K].[K]. The van der Waals surface area contributed by atoms with Crippen LogP contribution < -0.4 is 51.4 Å². The average molecular weight is 383 g/mol. The van der Waals surface area contributed by atoms with Gasteiger partial charge < -0.3 is 87.4 Å².